The van der Waals surface area contributed by atoms with Gasteiger partial charge in [-0.25, -0.2) is 0 Å². The van der Waals surface area contributed by atoms with Crippen molar-refractivity contribution in [2.45, 2.75) is 6.54 Å². The summed E-state index contributed by atoms with van der Waals surface area (Å²) in [5, 5.41) is 15.1. The maximum Gasteiger partial charge on any atom is 0.171 e. The highest BCUT2D eigenvalue weighted by molar-refractivity contribution is 9.10. The minimum absolute atomic E-state index is 0.592. The van der Waals surface area contributed by atoms with E-state index in [0.717, 1.165) is 26.6 Å². The third-order valence-corrected chi connectivity index (χ3v) is 3.88. The zero-order valence-electron chi connectivity index (χ0n) is 11.1. The maximum absolute atomic E-state index is 5.31. The van der Waals surface area contributed by atoms with Gasteiger partial charge in [0.1, 0.15) is 0 Å². The van der Waals surface area contributed by atoms with Crippen molar-refractivity contribution in [2.24, 2.45) is 0 Å². The molecule has 1 aromatic heterocycles. The average molecular weight is 361 g/mol. The van der Waals surface area contributed by atoms with Crippen molar-refractivity contribution in [2.75, 3.05) is 5.32 Å². The van der Waals surface area contributed by atoms with E-state index in [1.165, 1.54) is 0 Å². The van der Waals surface area contributed by atoms with Crippen LogP contribution in [0, 0.1) is 0 Å². The summed E-state index contributed by atoms with van der Waals surface area (Å²) in [5.74, 6) is 0. The van der Waals surface area contributed by atoms with Gasteiger partial charge in [-0.3, -0.25) is 5.10 Å². The molecule has 1 heterocycles. The summed E-state index contributed by atoms with van der Waals surface area (Å²) in [6, 6.07) is 14.0. The Bertz CT molecular complexity index is 767. The van der Waals surface area contributed by atoms with Crippen LogP contribution < -0.4 is 10.6 Å². The highest BCUT2D eigenvalue weighted by Crippen LogP contribution is 2.16. The Kier molecular flexibility index (Phi) is 4.17. The highest BCUT2D eigenvalue weighted by atomic mass is 79.9. The van der Waals surface area contributed by atoms with Gasteiger partial charge in [-0.2, -0.15) is 5.10 Å². The van der Waals surface area contributed by atoms with Crippen molar-refractivity contribution >= 4 is 49.9 Å². The molecule has 0 aliphatic carbocycles. The van der Waals surface area contributed by atoms with Crippen LogP contribution in [0.5, 0.6) is 0 Å². The molecular weight excluding hydrogens is 348 g/mol. The van der Waals surface area contributed by atoms with Crippen LogP contribution >= 0.6 is 28.1 Å². The average Bonchev–Trinajstić information content (AvgIpc) is 2.96. The van der Waals surface area contributed by atoms with Crippen molar-refractivity contribution in [3.8, 4) is 0 Å². The lowest BCUT2D eigenvalue weighted by molar-refractivity contribution is 0.928. The molecule has 0 fully saturated rings. The molecule has 0 saturated heterocycles. The molecule has 106 valence electrons. The standard InChI is InChI=1S/C15H13BrN4S/c16-12-4-6-13(7-5-12)19-15(21)17-8-10-2-1-3-11-9-18-20-14(10)11/h1-7,9H,8H2,(H,18,20)(H2,17,19,21). The molecule has 4 nitrogen and oxygen atoms in total. The smallest absolute Gasteiger partial charge is 0.171 e. The number of nitrogens with one attached hydrogen (secondary N) is 3. The molecule has 3 N–H and O–H groups in total. The molecule has 0 atom stereocenters. The molecule has 0 saturated carbocycles. The van der Waals surface area contributed by atoms with Crippen molar-refractivity contribution < 1.29 is 0 Å². The van der Waals surface area contributed by atoms with Gasteiger partial charge in [-0.1, -0.05) is 34.1 Å². The van der Waals surface area contributed by atoms with E-state index in [2.05, 4.69) is 42.8 Å². The van der Waals surface area contributed by atoms with Crippen LogP contribution in [0.25, 0.3) is 10.9 Å². The number of aromatic nitrogens is 2. The van der Waals surface area contributed by atoms with Crippen molar-refractivity contribution in [3.05, 3.63) is 58.7 Å². The number of halogens is 1. The summed E-state index contributed by atoms with van der Waals surface area (Å²) in [7, 11) is 0. The van der Waals surface area contributed by atoms with Gasteiger partial charge in [0.25, 0.3) is 0 Å². The lowest BCUT2D eigenvalue weighted by atomic mass is 10.1. The Labute approximate surface area is 136 Å². The normalized spacial score (nSPS) is 10.5. The number of nitrogens with zero attached hydrogens (tertiary/aromatic N) is 1. The van der Waals surface area contributed by atoms with Gasteiger partial charge >= 0.3 is 0 Å². The van der Waals surface area contributed by atoms with Crippen LogP contribution in [-0.2, 0) is 6.54 Å². The number of fused-ring (bicyclic) bond motifs is 1. The summed E-state index contributed by atoms with van der Waals surface area (Å²) in [5.41, 5.74) is 3.12. The summed E-state index contributed by atoms with van der Waals surface area (Å²) in [6.45, 7) is 0.641. The second-order valence-corrected chi connectivity index (χ2v) is 5.89. The number of H-pyrrole nitrogens is 1. The topological polar surface area (TPSA) is 52.7 Å². The van der Waals surface area contributed by atoms with E-state index in [1.54, 1.807) is 0 Å². The molecule has 0 aliphatic heterocycles. The predicted octanol–water partition coefficient (Wildman–Crippen LogP) is 3.81. The second-order valence-electron chi connectivity index (χ2n) is 4.57. The Hall–Kier alpha value is -1.92. The fraction of sp³-hybridized carbons (Fsp3) is 0.0667. The number of aromatic amines is 1. The molecule has 0 amide bonds. The number of rotatable bonds is 3. The third kappa shape index (κ3) is 3.40. The molecule has 2 aromatic carbocycles. The first-order valence-corrected chi connectivity index (χ1v) is 7.64. The van der Waals surface area contributed by atoms with Crippen molar-refractivity contribution in [1.82, 2.24) is 15.5 Å². The van der Waals surface area contributed by atoms with Crippen LogP contribution in [0.4, 0.5) is 5.69 Å². The van der Waals surface area contributed by atoms with Gasteiger partial charge in [0.15, 0.2) is 5.11 Å². The van der Waals surface area contributed by atoms with E-state index < -0.39 is 0 Å². The lowest BCUT2D eigenvalue weighted by Gasteiger charge is -2.11. The van der Waals surface area contributed by atoms with E-state index in [0.29, 0.717) is 11.7 Å². The summed E-state index contributed by atoms with van der Waals surface area (Å²) < 4.78 is 1.04. The summed E-state index contributed by atoms with van der Waals surface area (Å²) in [4.78, 5) is 0. The maximum atomic E-state index is 5.31. The highest BCUT2D eigenvalue weighted by Gasteiger charge is 2.03. The number of anilines is 1. The Morgan fingerprint density at radius 1 is 1.19 bits per heavy atom. The molecule has 6 heteroatoms. The number of thiocarbonyl (C=S) groups is 1. The predicted molar refractivity (Wildman–Crippen MR) is 93.3 cm³/mol. The van der Waals surface area contributed by atoms with Gasteiger partial charge in [0.05, 0.1) is 11.7 Å². The minimum atomic E-state index is 0.592. The monoisotopic (exact) mass is 360 g/mol. The van der Waals surface area contributed by atoms with E-state index >= 15 is 0 Å². The minimum Gasteiger partial charge on any atom is -0.358 e. The molecule has 21 heavy (non-hydrogen) atoms. The second kappa shape index (κ2) is 6.24. The lowest BCUT2D eigenvalue weighted by Crippen LogP contribution is -2.27. The van der Waals surface area contributed by atoms with E-state index in [9.17, 15) is 0 Å². The molecule has 0 aliphatic rings. The number of benzene rings is 2. The van der Waals surface area contributed by atoms with Gasteiger partial charge in [0, 0.05) is 22.1 Å². The van der Waals surface area contributed by atoms with Crippen LogP contribution in [0.3, 0.4) is 0 Å². The largest absolute Gasteiger partial charge is 0.358 e. The Balaban J connectivity index is 1.63. The van der Waals surface area contributed by atoms with Gasteiger partial charge in [-0.05, 0) is 42.0 Å². The van der Waals surface area contributed by atoms with Crippen LogP contribution in [0.2, 0.25) is 0 Å². The fourth-order valence-electron chi connectivity index (χ4n) is 2.06. The zero-order valence-corrected chi connectivity index (χ0v) is 13.5. The SMILES string of the molecule is S=C(NCc1cccc2cn[nH]c12)Nc1ccc(Br)cc1. The van der Waals surface area contributed by atoms with E-state index in [4.69, 9.17) is 12.2 Å². The molecule has 0 spiro atoms. The molecule has 0 radical (unpaired) electrons. The Morgan fingerprint density at radius 3 is 2.81 bits per heavy atom. The van der Waals surface area contributed by atoms with Crippen LogP contribution in [-0.4, -0.2) is 15.3 Å². The molecule has 0 unspecified atom stereocenters. The van der Waals surface area contributed by atoms with Gasteiger partial charge in [-0.15, -0.1) is 0 Å². The first-order chi connectivity index (χ1) is 10.2. The third-order valence-electron chi connectivity index (χ3n) is 3.10. The first kappa shape index (κ1) is 14.0. The molecule has 3 rings (SSSR count). The van der Waals surface area contributed by atoms with E-state index in [1.807, 2.05) is 42.6 Å². The zero-order chi connectivity index (χ0) is 14.7. The van der Waals surface area contributed by atoms with Crippen LogP contribution in [0.1, 0.15) is 5.56 Å². The number of para-hydroxylation sites is 1. The van der Waals surface area contributed by atoms with Gasteiger partial charge < -0.3 is 10.6 Å². The fourth-order valence-corrected chi connectivity index (χ4v) is 2.52. The summed E-state index contributed by atoms with van der Waals surface area (Å²) >= 11 is 8.72. The summed E-state index contributed by atoms with van der Waals surface area (Å²) in [6.07, 6.45) is 1.82. The van der Waals surface area contributed by atoms with Crippen molar-refractivity contribution in [1.29, 1.82) is 0 Å². The molecular formula is C15H13BrN4S. The Morgan fingerprint density at radius 2 is 2.00 bits per heavy atom. The first-order valence-electron chi connectivity index (χ1n) is 6.44. The molecule has 0 bridgehead atoms. The quantitative estimate of drug-likeness (QED) is 0.621. The van der Waals surface area contributed by atoms with Gasteiger partial charge in [0.2, 0.25) is 0 Å². The van der Waals surface area contributed by atoms with E-state index in [-0.39, 0.29) is 0 Å². The number of hydrogen-bond acceptors (Lipinski definition) is 2. The van der Waals surface area contributed by atoms with Crippen molar-refractivity contribution in [3.63, 3.8) is 0 Å². The molecule has 3 aromatic rings. The van der Waals surface area contributed by atoms with Crippen LogP contribution in [0.15, 0.2) is 53.1 Å². The number of hydrogen-bond donors (Lipinski definition) is 3.